The second kappa shape index (κ2) is 9.61. The van der Waals surface area contributed by atoms with Gasteiger partial charge in [-0.3, -0.25) is 5.43 Å². The SMILES string of the molecule is CC(C)OC(=O)/C=C\N/N=C(\N)c1cc(OC(C)C)cc(C(F)F)c1. The lowest BCUT2D eigenvalue weighted by Gasteiger charge is -2.13. The molecular formula is C17H23F2N3O3. The number of benzene rings is 1. The lowest BCUT2D eigenvalue weighted by Crippen LogP contribution is -2.18. The standard InChI is InChI=1S/C17H23F2N3O3/c1-10(2)24-14-8-12(16(18)19)7-13(9-14)17(20)22-21-6-5-15(23)25-11(3)4/h5-11,16,21H,1-4H3,(H2,20,22)/b6-5-. The number of ether oxygens (including phenoxy) is 2. The van der Waals surface area contributed by atoms with Crippen LogP contribution >= 0.6 is 0 Å². The number of hydrogen-bond acceptors (Lipinski definition) is 5. The monoisotopic (exact) mass is 355 g/mol. The summed E-state index contributed by atoms with van der Waals surface area (Å²) < 4.78 is 36.4. The third-order valence-electron chi connectivity index (χ3n) is 2.68. The van der Waals surface area contributed by atoms with Gasteiger partial charge in [0.25, 0.3) is 6.43 Å². The van der Waals surface area contributed by atoms with E-state index in [4.69, 9.17) is 15.2 Å². The molecule has 0 unspecified atom stereocenters. The van der Waals surface area contributed by atoms with E-state index in [2.05, 4.69) is 10.5 Å². The van der Waals surface area contributed by atoms with Gasteiger partial charge < -0.3 is 15.2 Å². The number of halogens is 2. The molecule has 1 aromatic carbocycles. The highest BCUT2D eigenvalue weighted by molar-refractivity contribution is 5.97. The average molecular weight is 355 g/mol. The van der Waals surface area contributed by atoms with Gasteiger partial charge in [0.05, 0.1) is 12.2 Å². The Morgan fingerprint density at radius 2 is 1.88 bits per heavy atom. The number of hydrazone groups is 1. The molecule has 0 fully saturated rings. The third kappa shape index (κ3) is 7.65. The van der Waals surface area contributed by atoms with Gasteiger partial charge in [0, 0.05) is 23.4 Å². The third-order valence-corrected chi connectivity index (χ3v) is 2.68. The van der Waals surface area contributed by atoms with E-state index in [1.54, 1.807) is 27.7 Å². The number of esters is 1. The predicted octanol–water partition coefficient (Wildman–Crippen LogP) is 3.09. The van der Waals surface area contributed by atoms with E-state index in [1.165, 1.54) is 24.4 Å². The molecule has 138 valence electrons. The number of rotatable bonds is 8. The summed E-state index contributed by atoms with van der Waals surface area (Å²) in [7, 11) is 0. The van der Waals surface area contributed by atoms with E-state index in [0.29, 0.717) is 0 Å². The van der Waals surface area contributed by atoms with Crippen molar-refractivity contribution < 1.29 is 23.0 Å². The van der Waals surface area contributed by atoms with Crippen LogP contribution in [0.25, 0.3) is 0 Å². The van der Waals surface area contributed by atoms with Gasteiger partial charge in [-0.1, -0.05) is 0 Å². The maximum atomic E-state index is 13.0. The fraction of sp³-hybridized carbons (Fsp3) is 0.412. The lowest BCUT2D eigenvalue weighted by atomic mass is 10.1. The maximum Gasteiger partial charge on any atom is 0.332 e. The summed E-state index contributed by atoms with van der Waals surface area (Å²) in [5.74, 6) is -0.293. The smallest absolute Gasteiger partial charge is 0.332 e. The van der Waals surface area contributed by atoms with E-state index in [9.17, 15) is 13.6 Å². The summed E-state index contributed by atoms with van der Waals surface area (Å²) in [5.41, 5.74) is 8.31. The van der Waals surface area contributed by atoms with Gasteiger partial charge in [0.15, 0.2) is 5.84 Å². The Morgan fingerprint density at radius 3 is 2.44 bits per heavy atom. The van der Waals surface area contributed by atoms with Crippen molar-refractivity contribution >= 4 is 11.8 Å². The van der Waals surface area contributed by atoms with Crippen LogP contribution in [0.1, 0.15) is 45.2 Å². The van der Waals surface area contributed by atoms with Crippen LogP contribution < -0.4 is 15.9 Å². The minimum atomic E-state index is -2.67. The maximum absolute atomic E-state index is 13.0. The van der Waals surface area contributed by atoms with Crippen molar-refractivity contribution in [3.8, 4) is 5.75 Å². The summed E-state index contributed by atoms with van der Waals surface area (Å²) in [6, 6.07) is 4.01. The second-order valence-electron chi connectivity index (χ2n) is 5.70. The molecule has 0 radical (unpaired) electrons. The van der Waals surface area contributed by atoms with Crippen molar-refractivity contribution in [3.63, 3.8) is 0 Å². The van der Waals surface area contributed by atoms with Gasteiger partial charge in [0.2, 0.25) is 0 Å². The number of amidine groups is 1. The van der Waals surface area contributed by atoms with Gasteiger partial charge in [0.1, 0.15) is 5.75 Å². The molecule has 0 aliphatic carbocycles. The van der Waals surface area contributed by atoms with Gasteiger partial charge >= 0.3 is 5.97 Å². The first-order chi connectivity index (χ1) is 11.7. The van der Waals surface area contributed by atoms with E-state index in [1.807, 2.05) is 0 Å². The molecule has 25 heavy (non-hydrogen) atoms. The van der Waals surface area contributed by atoms with Crippen molar-refractivity contribution in [2.45, 2.75) is 46.3 Å². The largest absolute Gasteiger partial charge is 0.491 e. The summed E-state index contributed by atoms with van der Waals surface area (Å²) in [4.78, 5) is 11.3. The van der Waals surface area contributed by atoms with Crippen LogP contribution in [-0.2, 0) is 9.53 Å². The summed E-state index contributed by atoms with van der Waals surface area (Å²) in [5, 5.41) is 3.82. The Kier molecular flexibility index (Phi) is 7.84. The Balaban J connectivity index is 2.88. The van der Waals surface area contributed by atoms with E-state index in [0.717, 1.165) is 6.08 Å². The molecule has 0 saturated heterocycles. The Labute approximate surface area is 145 Å². The average Bonchev–Trinajstić information content (AvgIpc) is 2.49. The van der Waals surface area contributed by atoms with Crippen molar-refractivity contribution in [3.05, 3.63) is 41.6 Å². The van der Waals surface area contributed by atoms with Crippen molar-refractivity contribution in [2.75, 3.05) is 0 Å². The van der Waals surface area contributed by atoms with E-state index >= 15 is 0 Å². The first-order valence-corrected chi connectivity index (χ1v) is 7.75. The molecule has 8 heteroatoms. The molecule has 0 amide bonds. The van der Waals surface area contributed by atoms with Gasteiger partial charge in [-0.2, -0.15) is 5.10 Å². The first kappa shape index (κ1) is 20.4. The Hall–Kier alpha value is -2.64. The van der Waals surface area contributed by atoms with Crippen LogP contribution in [0.4, 0.5) is 8.78 Å². The first-order valence-electron chi connectivity index (χ1n) is 7.75. The molecule has 0 heterocycles. The molecule has 0 aliphatic rings. The van der Waals surface area contributed by atoms with Crippen molar-refractivity contribution in [2.24, 2.45) is 10.8 Å². The molecule has 3 N–H and O–H groups in total. The second-order valence-corrected chi connectivity index (χ2v) is 5.70. The molecule has 1 aromatic rings. The quantitative estimate of drug-likeness (QED) is 0.246. The highest BCUT2D eigenvalue weighted by atomic mass is 19.3. The zero-order valence-corrected chi connectivity index (χ0v) is 14.6. The van der Waals surface area contributed by atoms with Crippen LogP contribution in [0.3, 0.4) is 0 Å². The molecule has 1 rings (SSSR count). The van der Waals surface area contributed by atoms with Gasteiger partial charge in [-0.05, 0) is 45.9 Å². The molecule has 0 bridgehead atoms. The van der Waals surface area contributed by atoms with Crippen LogP contribution in [-0.4, -0.2) is 24.0 Å². The summed E-state index contributed by atoms with van der Waals surface area (Å²) in [6.07, 6.45) is -0.699. The zero-order valence-electron chi connectivity index (χ0n) is 14.6. The molecule has 0 aliphatic heterocycles. The number of carbonyl (C=O) groups excluding carboxylic acids is 1. The minimum absolute atomic E-state index is 0.0296. The molecule has 0 saturated carbocycles. The highest BCUT2D eigenvalue weighted by Crippen LogP contribution is 2.26. The number of alkyl halides is 2. The fourth-order valence-electron chi connectivity index (χ4n) is 1.78. The molecular weight excluding hydrogens is 332 g/mol. The van der Waals surface area contributed by atoms with Crippen LogP contribution in [0.2, 0.25) is 0 Å². The molecule has 6 nitrogen and oxygen atoms in total. The summed E-state index contributed by atoms with van der Waals surface area (Å²) >= 11 is 0. The number of hydrogen-bond donors (Lipinski definition) is 2. The lowest BCUT2D eigenvalue weighted by molar-refractivity contribution is -0.141. The minimum Gasteiger partial charge on any atom is -0.491 e. The van der Waals surface area contributed by atoms with Gasteiger partial charge in [-0.25, -0.2) is 13.6 Å². The van der Waals surface area contributed by atoms with Gasteiger partial charge in [-0.15, -0.1) is 0 Å². The molecule has 0 atom stereocenters. The Morgan fingerprint density at radius 1 is 1.20 bits per heavy atom. The molecule has 0 aromatic heterocycles. The van der Waals surface area contributed by atoms with Crippen LogP contribution in [0.15, 0.2) is 35.6 Å². The molecule has 0 spiro atoms. The predicted molar refractivity (Wildman–Crippen MR) is 91.4 cm³/mol. The summed E-state index contributed by atoms with van der Waals surface area (Å²) in [6.45, 7) is 7.02. The van der Waals surface area contributed by atoms with Crippen molar-refractivity contribution in [1.82, 2.24) is 5.43 Å². The number of carbonyl (C=O) groups is 1. The number of nitrogens with one attached hydrogen (secondary N) is 1. The number of nitrogens with zero attached hydrogens (tertiary/aromatic N) is 1. The van der Waals surface area contributed by atoms with Crippen LogP contribution in [0.5, 0.6) is 5.75 Å². The van der Waals surface area contributed by atoms with Crippen LogP contribution in [0, 0.1) is 0 Å². The normalized spacial score (nSPS) is 12.3. The van der Waals surface area contributed by atoms with E-state index in [-0.39, 0.29) is 34.9 Å². The topological polar surface area (TPSA) is 85.9 Å². The number of nitrogens with two attached hydrogens (primary N) is 1. The van der Waals surface area contributed by atoms with Crippen molar-refractivity contribution in [1.29, 1.82) is 0 Å². The Bertz CT molecular complexity index is 644. The fourth-order valence-corrected chi connectivity index (χ4v) is 1.78. The van der Waals surface area contributed by atoms with E-state index < -0.39 is 12.4 Å². The highest BCUT2D eigenvalue weighted by Gasteiger charge is 2.13. The zero-order chi connectivity index (χ0) is 19.0.